The number of nitrogens with zero attached hydrogens (tertiary/aromatic N) is 1. The van der Waals surface area contributed by atoms with E-state index in [0.717, 1.165) is 4.90 Å². The Morgan fingerprint density at radius 3 is 2.18 bits per heavy atom. The Morgan fingerprint density at radius 1 is 1.23 bits per heavy atom. The maximum absolute atomic E-state index is 13.8. The smallest absolute Gasteiger partial charge is 0.444 e. The van der Waals surface area contributed by atoms with Crippen LogP contribution >= 0.6 is 0 Å². The van der Waals surface area contributed by atoms with Gasteiger partial charge in [0.15, 0.2) is 0 Å². The van der Waals surface area contributed by atoms with Crippen LogP contribution in [0.15, 0.2) is 0 Å². The van der Waals surface area contributed by atoms with Gasteiger partial charge < -0.3 is 9.64 Å². The van der Waals surface area contributed by atoms with Crippen molar-refractivity contribution in [1.82, 2.24) is 4.90 Å². The molecule has 0 bridgehead atoms. The van der Waals surface area contributed by atoms with Gasteiger partial charge in [-0.05, 0) is 27.2 Å². The summed E-state index contributed by atoms with van der Waals surface area (Å²) in [6, 6.07) is 0. The number of carbonyl (C=O) groups excluding carboxylic acids is 1. The van der Waals surface area contributed by atoms with E-state index in [1.54, 1.807) is 20.8 Å². The second-order valence-corrected chi connectivity index (χ2v) is 7.33. The average Bonchev–Trinajstić information content (AvgIpc) is 2.27. The van der Waals surface area contributed by atoms with E-state index in [9.17, 15) is 30.8 Å². The highest BCUT2D eigenvalue weighted by molar-refractivity contribution is 7.87. The summed E-state index contributed by atoms with van der Waals surface area (Å²) in [6.45, 7) is 4.02. The molecule has 1 aliphatic heterocycles. The Kier molecular flexibility index (Phi) is 5.33. The molecule has 1 fully saturated rings. The fourth-order valence-electron chi connectivity index (χ4n) is 1.70. The number of rotatable bonds is 2. The Bertz CT molecular complexity index is 514. The Morgan fingerprint density at radius 2 is 1.77 bits per heavy atom. The minimum absolute atomic E-state index is 0.173. The van der Waals surface area contributed by atoms with Gasteiger partial charge in [0.25, 0.3) is 0 Å². The summed E-state index contributed by atoms with van der Waals surface area (Å²) in [5, 5.41) is 0. The van der Waals surface area contributed by atoms with Gasteiger partial charge in [0.1, 0.15) is 17.9 Å². The zero-order chi connectivity index (χ0) is 17.3. The zero-order valence-corrected chi connectivity index (χ0v) is 13.0. The van der Waals surface area contributed by atoms with Crippen LogP contribution < -0.4 is 0 Å². The topological polar surface area (TPSA) is 72.9 Å². The lowest BCUT2D eigenvalue weighted by Crippen LogP contribution is -2.50. The normalized spacial score (nSPS) is 24.2. The Labute approximate surface area is 125 Å². The first-order chi connectivity index (χ1) is 9.73. The molecule has 0 unspecified atom stereocenters. The van der Waals surface area contributed by atoms with Crippen LogP contribution in [0.3, 0.4) is 0 Å². The number of alkyl halides is 4. The molecule has 0 aromatic carbocycles. The van der Waals surface area contributed by atoms with Crippen molar-refractivity contribution < 1.29 is 39.7 Å². The fourth-order valence-corrected chi connectivity index (χ4v) is 2.35. The number of hydrogen-bond acceptors (Lipinski definition) is 5. The molecule has 1 amide bonds. The molecule has 0 aromatic rings. The fraction of sp³-hybridized carbons (Fsp3) is 0.909. The van der Waals surface area contributed by atoms with Crippen LogP contribution in [0.1, 0.15) is 27.2 Å². The molecule has 1 aliphatic rings. The van der Waals surface area contributed by atoms with E-state index in [4.69, 9.17) is 4.74 Å². The molecule has 0 aliphatic carbocycles. The number of amides is 1. The van der Waals surface area contributed by atoms with Crippen LogP contribution in [0, 0.1) is 0 Å². The number of likely N-dealkylation sites (tertiary alicyclic amines) is 1. The van der Waals surface area contributed by atoms with Crippen LogP contribution in [-0.2, 0) is 19.0 Å². The standard InChI is InChI=1S/C11H17F4NO5S/c1-10(2,3)20-9(17)16-5-4-8(7(12)6-16)21-22(18,19)11(13,14)15/h7-8H,4-6H2,1-3H3/t7-,8-/m1/s1. The van der Waals surface area contributed by atoms with E-state index in [1.165, 1.54) is 0 Å². The quantitative estimate of drug-likeness (QED) is 0.433. The monoisotopic (exact) mass is 351 g/mol. The van der Waals surface area contributed by atoms with E-state index < -0.39 is 52.6 Å². The molecule has 22 heavy (non-hydrogen) atoms. The molecule has 0 radical (unpaired) electrons. The molecule has 0 spiro atoms. The zero-order valence-electron chi connectivity index (χ0n) is 12.2. The second kappa shape index (κ2) is 6.19. The molecule has 11 heteroatoms. The highest BCUT2D eigenvalue weighted by atomic mass is 32.2. The molecule has 6 nitrogen and oxygen atoms in total. The Hall–Kier alpha value is -1.10. The van der Waals surface area contributed by atoms with Crippen molar-refractivity contribution in [2.24, 2.45) is 0 Å². The Balaban J connectivity index is 2.66. The third-order valence-corrected chi connectivity index (χ3v) is 3.73. The lowest BCUT2D eigenvalue weighted by atomic mass is 10.1. The predicted octanol–water partition coefficient (Wildman–Crippen LogP) is 2.20. The van der Waals surface area contributed by atoms with E-state index in [1.807, 2.05) is 0 Å². The van der Waals surface area contributed by atoms with Crippen LogP contribution in [-0.4, -0.2) is 55.9 Å². The van der Waals surface area contributed by atoms with Gasteiger partial charge in [-0.2, -0.15) is 21.6 Å². The molecule has 1 rings (SSSR count). The first-order valence-electron chi connectivity index (χ1n) is 6.34. The molecule has 1 saturated heterocycles. The van der Waals surface area contributed by atoms with Gasteiger partial charge in [-0.25, -0.2) is 9.18 Å². The second-order valence-electron chi connectivity index (χ2n) is 5.77. The lowest BCUT2D eigenvalue weighted by Gasteiger charge is -2.35. The number of hydrogen-bond donors (Lipinski definition) is 0. The molecule has 2 atom stereocenters. The van der Waals surface area contributed by atoms with Gasteiger partial charge in [-0.3, -0.25) is 4.18 Å². The van der Waals surface area contributed by atoms with Crippen LogP contribution in [0.4, 0.5) is 22.4 Å². The van der Waals surface area contributed by atoms with E-state index in [0.29, 0.717) is 0 Å². The maximum atomic E-state index is 13.8. The lowest BCUT2D eigenvalue weighted by molar-refractivity contribution is -0.0654. The highest BCUT2D eigenvalue weighted by Gasteiger charge is 2.50. The maximum Gasteiger partial charge on any atom is 0.523 e. The van der Waals surface area contributed by atoms with Crippen molar-refractivity contribution in [2.45, 2.75) is 50.6 Å². The molecule has 0 N–H and O–H groups in total. The van der Waals surface area contributed by atoms with E-state index in [2.05, 4.69) is 4.18 Å². The van der Waals surface area contributed by atoms with Gasteiger partial charge in [0.2, 0.25) is 0 Å². The van der Waals surface area contributed by atoms with Gasteiger partial charge in [-0.1, -0.05) is 0 Å². The molecular formula is C11H17F4NO5S. The van der Waals surface area contributed by atoms with Crippen LogP contribution in [0.2, 0.25) is 0 Å². The van der Waals surface area contributed by atoms with Gasteiger partial charge in [0.05, 0.1) is 6.54 Å². The predicted molar refractivity (Wildman–Crippen MR) is 67.2 cm³/mol. The molecular weight excluding hydrogens is 334 g/mol. The minimum Gasteiger partial charge on any atom is -0.444 e. The summed E-state index contributed by atoms with van der Waals surface area (Å²) < 4.78 is 80.9. The molecule has 130 valence electrons. The summed E-state index contributed by atoms with van der Waals surface area (Å²) >= 11 is 0. The van der Waals surface area contributed by atoms with Crippen molar-refractivity contribution >= 4 is 16.2 Å². The molecule has 0 aromatic heterocycles. The molecule has 0 saturated carbocycles. The van der Waals surface area contributed by atoms with E-state index >= 15 is 0 Å². The van der Waals surface area contributed by atoms with Gasteiger partial charge in [-0.15, -0.1) is 0 Å². The van der Waals surface area contributed by atoms with Gasteiger partial charge in [0, 0.05) is 6.54 Å². The molecule has 1 heterocycles. The van der Waals surface area contributed by atoms with E-state index in [-0.39, 0.29) is 6.54 Å². The number of carbonyl (C=O) groups is 1. The van der Waals surface area contributed by atoms with Crippen LogP contribution in [0.5, 0.6) is 0 Å². The first kappa shape index (κ1) is 18.9. The largest absolute Gasteiger partial charge is 0.523 e. The van der Waals surface area contributed by atoms with Crippen molar-refractivity contribution in [3.8, 4) is 0 Å². The highest BCUT2D eigenvalue weighted by Crippen LogP contribution is 2.29. The summed E-state index contributed by atoms with van der Waals surface area (Å²) in [4.78, 5) is 12.7. The first-order valence-corrected chi connectivity index (χ1v) is 7.75. The third-order valence-electron chi connectivity index (χ3n) is 2.67. The van der Waals surface area contributed by atoms with Crippen molar-refractivity contribution in [3.63, 3.8) is 0 Å². The third kappa shape index (κ3) is 4.97. The average molecular weight is 351 g/mol. The van der Waals surface area contributed by atoms with Crippen LogP contribution in [0.25, 0.3) is 0 Å². The number of ether oxygens (including phenoxy) is 1. The summed E-state index contributed by atoms with van der Waals surface area (Å²) in [5.41, 5.74) is -6.43. The van der Waals surface area contributed by atoms with Crippen molar-refractivity contribution in [1.29, 1.82) is 0 Å². The minimum atomic E-state index is -5.87. The van der Waals surface area contributed by atoms with Crippen molar-refractivity contribution in [3.05, 3.63) is 0 Å². The number of piperidine rings is 1. The SMILES string of the molecule is CC(C)(C)OC(=O)N1CC[C@@H](OS(=O)(=O)C(F)(F)F)[C@H](F)C1. The summed E-state index contributed by atoms with van der Waals surface area (Å²) in [7, 11) is -5.87. The number of halogens is 4. The summed E-state index contributed by atoms with van der Waals surface area (Å²) in [5.74, 6) is 0. The van der Waals surface area contributed by atoms with Crippen molar-refractivity contribution in [2.75, 3.05) is 13.1 Å². The van der Waals surface area contributed by atoms with Gasteiger partial charge >= 0.3 is 21.7 Å². The summed E-state index contributed by atoms with van der Waals surface area (Å²) in [6.07, 6.45) is -5.08.